The number of carbonyl (C=O) groups is 2. The van der Waals surface area contributed by atoms with Crippen molar-refractivity contribution in [1.29, 1.82) is 0 Å². The van der Waals surface area contributed by atoms with E-state index in [4.69, 9.17) is 4.74 Å². The van der Waals surface area contributed by atoms with Crippen molar-refractivity contribution in [2.24, 2.45) is 0 Å². The minimum atomic E-state index is -0.493. The highest BCUT2D eigenvalue weighted by molar-refractivity contribution is 5.87. The number of ether oxygens (including phenoxy) is 1. The van der Waals surface area contributed by atoms with Crippen molar-refractivity contribution in [2.75, 3.05) is 6.61 Å². The van der Waals surface area contributed by atoms with E-state index in [1.807, 2.05) is 83.1 Å². The van der Waals surface area contributed by atoms with Gasteiger partial charge in [-0.1, -0.05) is 48.9 Å². The van der Waals surface area contributed by atoms with Gasteiger partial charge in [-0.25, -0.2) is 0 Å². The Bertz CT molecular complexity index is 846. The highest BCUT2D eigenvalue weighted by atomic mass is 16.5. The molecule has 5 nitrogen and oxygen atoms in total. The molecule has 0 aliphatic carbocycles. The van der Waals surface area contributed by atoms with Crippen LogP contribution in [0.5, 0.6) is 5.75 Å². The Labute approximate surface area is 186 Å². The molecule has 0 fully saturated rings. The number of benzene rings is 2. The lowest BCUT2D eigenvalue weighted by Crippen LogP contribution is -2.50. The number of hydrogen-bond acceptors (Lipinski definition) is 3. The van der Waals surface area contributed by atoms with Gasteiger partial charge in [0.2, 0.25) is 11.8 Å². The second-order valence-corrected chi connectivity index (χ2v) is 8.30. The van der Waals surface area contributed by atoms with Crippen LogP contribution < -0.4 is 10.1 Å². The molecule has 2 aromatic carbocycles. The third-order valence-corrected chi connectivity index (χ3v) is 5.24. The fourth-order valence-corrected chi connectivity index (χ4v) is 3.46. The van der Waals surface area contributed by atoms with Crippen LogP contribution in [-0.2, 0) is 16.1 Å². The standard InChI is InChI=1S/C26H36N2O3/c1-6-24(26(30)27-19(2)3)28(18-22-11-8-7-10-21(22)5)25(29)12-9-17-31-23-15-13-20(4)14-16-23/h7-8,10-11,13-16,19,24H,6,9,12,17-18H2,1-5H3,(H,27,30)/t24-/m0/s1. The molecular weight excluding hydrogens is 388 g/mol. The van der Waals surface area contributed by atoms with Gasteiger partial charge in [-0.15, -0.1) is 0 Å². The van der Waals surface area contributed by atoms with E-state index in [1.165, 1.54) is 5.56 Å². The van der Waals surface area contributed by atoms with Gasteiger partial charge >= 0.3 is 0 Å². The number of amides is 2. The molecule has 2 rings (SSSR count). The molecule has 0 aromatic heterocycles. The first-order valence-electron chi connectivity index (χ1n) is 11.2. The van der Waals surface area contributed by atoms with Crippen LogP contribution in [0.3, 0.4) is 0 Å². The molecule has 0 saturated carbocycles. The summed E-state index contributed by atoms with van der Waals surface area (Å²) >= 11 is 0. The van der Waals surface area contributed by atoms with Crippen LogP contribution >= 0.6 is 0 Å². The van der Waals surface area contributed by atoms with Gasteiger partial charge in [-0.2, -0.15) is 0 Å². The average molecular weight is 425 g/mol. The van der Waals surface area contributed by atoms with Gasteiger partial charge in [-0.05, 0) is 63.8 Å². The fourth-order valence-electron chi connectivity index (χ4n) is 3.46. The Kier molecular flexibility index (Phi) is 9.57. The molecule has 0 aliphatic rings. The molecule has 2 amide bonds. The highest BCUT2D eigenvalue weighted by Gasteiger charge is 2.28. The van der Waals surface area contributed by atoms with Crippen molar-refractivity contribution in [3.05, 3.63) is 65.2 Å². The molecule has 1 N–H and O–H groups in total. The highest BCUT2D eigenvalue weighted by Crippen LogP contribution is 2.17. The van der Waals surface area contributed by atoms with Crippen LogP contribution in [0.4, 0.5) is 0 Å². The summed E-state index contributed by atoms with van der Waals surface area (Å²) in [6, 6.07) is 15.4. The maximum atomic E-state index is 13.2. The summed E-state index contributed by atoms with van der Waals surface area (Å²) in [5, 5.41) is 2.97. The Balaban J connectivity index is 2.06. The Morgan fingerprint density at radius 1 is 1.03 bits per heavy atom. The van der Waals surface area contributed by atoms with Crippen molar-refractivity contribution in [3.63, 3.8) is 0 Å². The lowest BCUT2D eigenvalue weighted by Gasteiger charge is -2.31. The first-order valence-corrected chi connectivity index (χ1v) is 11.2. The van der Waals surface area contributed by atoms with Crippen LogP contribution in [0.1, 0.15) is 56.7 Å². The molecule has 0 unspecified atom stereocenters. The molecule has 0 aliphatic heterocycles. The van der Waals surface area contributed by atoms with Crippen molar-refractivity contribution in [1.82, 2.24) is 10.2 Å². The van der Waals surface area contributed by atoms with Crippen LogP contribution in [0, 0.1) is 13.8 Å². The van der Waals surface area contributed by atoms with Gasteiger partial charge in [0.25, 0.3) is 0 Å². The molecule has 0 bridgehead atoms. The Morgan fingerprint density at radius 2 is 1.71 bits per heavy atom. The molecule has 31 heavy (non-hydrogen) atoms. The van der Waals surface area contributed by atoms with E-state index >= 15 is 0 Å². The molecule has 168 valence electrons. The number of aryl methyl sites for hydroxylation is 2. The minimum absolute atomic E-state index is 0.0264. The second kappa shape index (κ2) is 12.1. The molecule has 0 spiro atoms. The van der Waals surface area contributed by atoms with E-state index in [0.717, 1.165) is 16.9 Å². The van der Waals surface area contributed by atoms with Crippen LogP contribution in [0.25, 0.3) is 0 Å². The van der Waals surface area contributed by atoms with Crippen molar-refractivity contribution in [2.45, 2.75) is 72.5 Å². The van der Waals surface area contributed by atoms with Gasteiger partial charge < -0.3 is 15.0 Å². The summed E-state index contributed by atoms with van der Waals surface area (Å²) in [5.41, 5.74) is 3.35. The lowest BCUT2D eigenvalue weighted by atomic mass is 10.0. The predicted octanol–water partition coefficient (Wildman–Crippen LogP) is 4.79. The molecule has 0 radical (unpaired) electrons. The minimum Gasteiger partial charge on any atom is -0.494 e. The SMILES string of the molecule is CC[C@@H](C(=O)NC(C)C)N(Cc1ccccc1C)C(=O)CCCOc1ccc(C)cc1. The molecule has 0 heterocycles. The third kappa shape index (κ3) is 7.74. The largest absolute Gasteiger partial charge is 0.494 e. The zero-order valence-electron chi connectivity index (χ0n) is 19.5. The molecule has 0 saturated heterocycles. The molecular formula is C26H36N2O3. The summed E-state index contributed by atoms with van der Waals surface area (Å²) in [6.45, 7) is 10.8. The first-order chi connectivity index (χ1) is 14.8. The number of nitrogens with zero attached hydrogens (tertiary/aromatic N) is 1. The van der Waals surface area contributed by atoms with E-state index in [1.54, 1.807) is 4.90 Å². The maximum absolute atomic E-state index is 13.2. The summed E-state index contributed by atoms with van der Waals surface area (Å²) in [4.78, 5) is 27.7. The molecule has 5 heteroatoms. The summed E-state index contributed by atoms with van der Waals surface area (Å²) in [6.07, 6.45) is 1.50. The fraction of sp³-hybridized carbons (Fsp3) is 0.462. The van der Waals surface area contributed by atoms with Gasteiger partial charge in [0, 0.05) is 19.0 Å². The first kappa shape index (κ1) is 24.4. The zero-order valence-corrected chi connectivity index (χ0v) is 19.5. The van der Waals surface area contributed by atoms with E-state index < -0.39 is 6.04 Å². The third-order valence-electron chi connectivity index (χ3n) is 5.24. The Hall–Kier alpha value is -2.82. The smallest absolute Gasteiger partial charge is 0.243 e. The summed E-state index contributed by atoms with van der Waals surface area (Å²) < 4.78 is 5.77. The van der Waals surface area contributed by atoms with Gasteiger partial charge in [-0.3, -0.25) is 9.59 Å². The molecule has 2 aromatic rings. The predicted molar refractivity (Wildman–Crippen MR) is 125 cm³/mol. The van der Waals surface area contributed by atoms with Crippen LogP contribution in [-0.4, -0.2) is 35.4 Å². The second-order valence-electron chi connectivity index (χ2n) is 8.30. The van der Waals surface area contributed by atoms with Gasteiger partial charge in [0.15, 0.2) is 0 Å². The van der Waals surface area contributed by atoms with E-state index in [0.29, 0.717) is 32.4 Å². The number of hydrogen-bond donors (Lipinski definition) is 1. The number of carbonyl (C=O) groups excluding carboxylic acids is 2. The molecule has 1 atom stereocenters. The summed E-state index contributed by atoms with van der Waals surface area (Å²) in [5.74, 6) is 0.675. The van der Waals surface area contributed by atoms with Crippen LogP contribution in [0.2, 0.25) is 0 Å². The lowest BCUT2D eigenvalue weighted by molar-refractivity contribution is -0.141. The maximum Gasteiger partial charge on any atom is 0.243 e. The number of nitrogens with one attached hydrogen (secondary N) is 1. The van der Waals surface area contributed by atoms with E-state index in [9.17, 15) is 9.59 Å². The van der Waals surface area contributed by atoms with Crippen LogP contribution in [0.15, 0.2) is 48.5 Å². The van der Waals surface area contributed by atoms with Crippen molar-refractivity contribution < 1.29 is 14.3 Å². The topological polar surface area (TPSA) is 58.6 Å². The monoisotopic (exact) mass is 424 g/mol. The van der Waals surface area contributed by atoms with E-state index in [-0.39, 0.29) is 17.9 Å². The number of rotatable bonds is 11. The Morgan fingerprint density at radius 3 is 2.32 bits per heavy atom. The quantitative estimate of drug-likeness (QED) is 0.528. The van der Waals surface area contributed by atoms with Gasteiger partial charge in [0.1, 0.15) is 11.8 Å². The zero-order chi connectivity index (χ0) is 22.8. The average Bonchev–Trinajstić information content (AvgIpc) is 2.73. The van der Waals surface area contributed by atoms with Crippen molar-refractivity contribution in [3.8, 4) is 5.75 Å². The van der Waals surface area contributed by atoms with E-state index in [2.05, 4.69) is 5.32 Å². The van der Waals surface area contributed by atoms with Crippen molar-refractivity contribution >= 4 is 11.8 Å². The summed E-state index contributed by atoms with van der Waals surface area (Å²) in [7, 11) is 0. The normalized spacial score (nSPS) is 11.8. The van der Waals surface area contributed by atoms with Gasteiger partial charge in [0.05, 0.1) is 6.61 Å².